The van der Waals surface area contributed by atoms with E-state index in [2.05, 4.69) is 0 Å². The van der Waals surface area contributed by atoms with Crippen LogP contribution in [0.2, 0.25) is 0 Å². The molecule has 0 amide bonds. The molecule has 1 unspecified atom stereocenters. The first-order valence-corrected chi connectivity index (χ1v) is 6.26. The summed E-state index contributed by atoms with van der Waals surface area (Å²) in [5.74, 6) is -0.805. The molecule has 0 N–H and O–H groups in total. The zero-order chi connectivity index (χ0) is 14.2. The van der Waals surface area contributed by atoms with E-state index in [1.54, 1.807) is 20.8 Å². The standard InChI is InChI=1S/C13H24O5/c1-6-16-8-10(3)18-9-11(14)13(4,5)12(15)17-7-2/h10H,6-9H2,1-5H3. The largest absolute Gasteiger partial charge is 0.465 e. The average molecular weight is 260 g/mol. The molecule has 5 heteroatoms. The van der Waals surface area contributed by atoms with E-state index >= 15 is 0 Å². The molecule has 106 valence electrons. The van der Waals surface area contributed by atoms with Crippen molar-refractivity contribution in [3.63, 3.8) is 0 Å². The van der Waals surface area contributed by atoms with E-state index in [1.807, 2.05) is 13.8 Å². The molecular weight excluding hydrogens is 236 g/mol. The number of carbonyl (C=O) groups is 2. The molecule has 5 nitrogen and oxygen atoms in total. The highest BCUT2D eigenvalue weighted by molar-refractivity contribution is 6.03. The summed E-state index contributed by atoms with van der Waals surface area (Å²) in [6.07, 6.45) is -0.174. The van der Waals surface area contributed by atoms with Crippen LogP contribution in [0.1, 0.15) is 34.6 Å². The Kier molecular flexibility index (Phi) is 7.78. The Hall–Kier alpha value is -0.940. The molecule has 0 aromatic heterocycles. The van der Waals surface area contributed by atoms with Gasteiger partial charge < -0.3 is 14.2 Å². The van der Waals surface area contributed by atoms with Gasteiger partial charge in [0.05, 0.1) is 19.3 Å². The number of hydrogen-bond donors (Lipinski definition) is 0. The summed E-state index contributed by atoms with van der Waals surface area (Å²) in [4.78, 5) is 23.5. The third-order valence-corrected chi connectivity index (χ3v) is 2.54. The maximum Gasteiger partial charge on any atom is 0.319 e. The highest BCUT2D eigenvalue weighted by Crippen LogP contribution is 2.19. The van der Waals surface area contributed by atoms with Crippen LogP contribution in [-0.4, -0.2) is 44.3 Å². The van der Waals surface area contributed by atoms with E-state index in [0.29, 0.717) is 13.2 Å². The predicted molar refractivity (Wildman–Crippen MR) is 67.3 cm³/mol. The van der Waals surface area contributed by atoms with Crippen molar-refractivity contribution >= 4 is 11.8 Å². The molecule has 0 bridgehead atoms. The molecule has 0 saturated heterocycles. The van der Waals surface area contributed by atoms with Crippen molar-refractivity contribution in [2.24, 2.45) is 5.41 Å². The lowest BCUT2D eigenvalue weighted by atomic mass is 9.88. The summed E-state index contributed by atoms with van der Waals surface area (Å²) >= 11 is 0. The molecule has 0 radical (unpaired) electrons. The molecule has 0 rings (SSSR count). The Morgan fingerprint density at radius 1 is 1.17 bits per heavy atom. The molecule has 18 heavy (non-hydrogen) atoms. The molecule has 0 spiro atoms. The lowest BCUT2D eigenvalue weighted by Gasteiger charge is -2.21. The van der Waals surface area contributed by atoms with Crippen LogP contribution in [0, 0.1) is 5.41 Å². The monoisotopic (exact) mass is 260 g/mol. The Morgan fingerprint density at radius 2 is 1.78 bits per heavy atom. The second-order valence-electron chi connectivity index (χ2n) is 4.55. The molecule has 0 saturated carbocycles. The highest BCUT2D eigenvalue weighted by atomic mass is 16.5. The van der Waals surface area contributed by atoms with Crippen LogP contribution in [0.25, 0.3) is 0 Å². The average Bonchev–Trinajstić information content (AvgIpc) is 2.33. The van der Waals surface area contributed by atoms with E-state index in [4.69, 9.17) is 14.2 Å². The second-order valence-corrected chi connectivity index (χ2v) is 4.55. The first kappa shape index (κ1) is 17.1. The van der Waals surface area contributed by atoms with Crippen LogP contribution in [0.15, 0.2) is 0 Å². The van der Waals surface area contributed by atoms with E-state index in [-0.39, 0.29) is 25.1 Å². The van der Waals surface area contributed by atoms with Gasteiger partial charge in [0.15, 0.2) is 5.78 Å². The second kappa shape index (κ2) is 8.21. The van der Waals surface area contributed by atoms with Gasteiger partial charge in [-0.15, -0.1) is 0 Å². The fourth-order valence-corrected chi connectivity index (χ4v) is 1.16. The Labute approximate surface area is 109 Å². The molecule has 0 aliphatic heterocycles. The van der Waals surface area contributed by atoms with E-state index in [0.717, 1.165) is 0 Å². The first-order valence-electron chi connectivity index (χ1n) is 6.26. The smallest absolute Gasteiger partial charge is 0.319 e. The fraction of sp³-hybridized carbons (Fsp3) is 0.846. The quantitative estimate of drug-likeness (QED) is 0.465. The zero-order valence-corrected chi connectivity index (χ0v) is 11.9. The lowest BCUT2D eigenvalue weighted by Crippen LogP contribution is -2.38. The number of carbonyl (C=O) groups excluding carboxylic acids is 2. The summed E-state index contributed by atoms with van der Waals surface area (Å²) in [5, 5.41) is 0. The zero-order valence-electron chi connectivity index (χ0n) is 11.9. The molecule has 0 aliphatic carbocycles. The van der Waals surface area contributed by atoms with E-state index < -0.39 is 11.4 Å². The van der Waals surface area contributed by atoms with Crippen molar-refractivity contribution in [2.75, 3.05) is 26.4 Å². The van der Waals surface area contributed by atoms with Gasteiger partial charge in [0.25, 0.3) is 0 Å². The van der Waals surface area contributed by atoms with Crippen LogP contribution in [0.4, 0.5) is 0 Å². The van der Waals surface area contributed by atoms with Crippen LogP contribution >= 0.6 is 0 Å². The number of ether oxygens (including phenoxy) is 3. The number of ketones is 1. The van der Waals surface area contributed by atoms with Crippen molar-refractivity contribution < 1.29 is 23.8 Å². The highest BCUT2D eigenvalue weighted by Gasteiger charge is 2.37. The SMILES string of the molecule is CCOCC(C)OCC(=O)C(C)(C)C(=O)OCC. The molecule has 1 atom stereocenters. The van der Waals surface area contributed by atoms with Gasteiger partial charge in [-0.1, -0.05) is 0 Å². The minimum atomic E-state index is -1.17. The van der Waals surface area contributed by atoms with E-state index in [1.165, 1.54) is 0 Å². The van der Waals surface area contributed by atoms with Crippen molar-refractivity contribution in [2.45, 2.75) is 40.7 Å². The number of Topliss-reactive ketones (excluding diaryl/α,β-unsaturated/α-hetero) is 1. The maximum atomic E-state index is 11.9. The van der Waals surface area contributed by atoms with Crippen molar-refractivity contribution in [3.05, 3.63) is 0 Å². The van der Waals surface area contributed by atoms with Crippen LogP contribution in [-0.2, 0) is 23.8 Å². The summed E-state index contributed by atoms with van der Waals surface area (Å²) in [7, 11) is 0. The van der Waals surface area contributed by atoms with E-state index in [9.17, 15) is 9.59 Å². The summed E-state index contributed by atoms with van der Waals surface area (Å²) < 4.78 is 15.4. The lowest BCUT2D eigenvalue weighted by molar-refractivity contribution is -0.160. The predicted octanol–water partition coefficient (Wildman–Crippen LogP) is 1.59. The third kappa shape index (κ3) is 5.60. The number of hydrogen-bond acceptors (Lipinski definition) is 5. The fourth-order valence-electron chi connectivity index (χ4n) is 1.16. The van der Waals surface area contributed by atoms with Crippen molar-refractivity contribution in [1.29, 1.82) is 0 Å². The first-order chi connectivity index (χ1) is 8.36. The molecular formula is C13H24O5. The van der Waals surface area contributed by atoms with Crippen LogP contribution in [0.3, 0.4) is 0 Å². The third-order valence-electron chi connectivity index (χ3n) is 2.54. The Morgan fingerprint density at radius 3 is 2.28 bits per heavy atom. The molecule has 0 aromatic carbocycles. The molecule has 0 fully saturated rings. The van der Waals surface area contributed by atoms with Gasteiger partial charge in [-0.25, -0.2) is 0 Å². The van der Waals surface area contributed by atoms with Crippen molar-refractivity contribution in [1.82, 2.24) is 0 Å². The van der Waals surface area contributed by atoms with Crippen LogP contribution in [0.5, 0.6) is 0 Å². The summed E-state index contributed by atoms with van der Waals surface area (Å²) in [5.41, 5.74) is -1.17. The molecule has 0 heterocycles. The van der Waals surface area contributed by atoms with Gasteiger partial charge in [0.2, 0.25) is 0 Å². The van der Waals surface area contributed by atoms with Gasteiger partial charge >= 0.3 is 5.97 Å². The van der Waals surface area contributed by atoms with Gasteiger partial charge in [-0.2, -0.15) is 0 Å². The Bertz CT molecular complexity index is 273. The normalized spacial score (nSPS) is 13.2. The Balaban J connectivity index is 4.18. The van der Waals surface area contributed by atoms with Crippen molar-refractivity contribution in [3.8, 4) is 0 Å². The topological polar surface area (TPSA) is 61.8 Å². The summed E-state index contributed by atoms with van der Waals surface area (Å²) in [6, 6.07) is 0. The number of esters is 1. The minimum absolute atomic E-state index is 0.111. The van der Waals surface area contributed by atoms with Gasteiger partial charge in [0.1, 0.15) is 12.0 Å². The van der Waals surface area contributed by atoms with Gasteiger partial charge in [0, 0.05) is 6.61 Å². The molecule has 0 aliphatic rings. The number of rotatable bonds is 9. The molecule has 0 aromatic rings. The van der Waals surface area contributed by atoms with Gasteiger partial charge in [-0.05, 0) is 34.6 Å². The minimum Gasteiger partial charge on any atom is -0.465 e. The van der Waals surface area contributed by atoms with Crippen LogP contribution < -0.4 is 0 Å². The summed E-state index contributed by atoms with van der Waals surface area (Å²) in [6.45, 7) is 9.70. The van der Waals surface area contributed by atoms with Gasteiger partial charge in [-0.3, -0.25) is 9.59 Å². The maximum absolute atomic E-state index is 11.9.